The zero-order valence-electron chi connectivity index (χ0n) is 8.86. The molecular weight excluding hydrogens is 269 g/mol. The van der Waals surface area contributed by atoms with Gasteiger partial charge in [0.1, 0.15) is 4.88 Å². The van der Waals surface area contributed by atoms with Crippen molar-refractivity contribution in [3.05, 3.63) is 16.1 Å². The summed E-state index contributed by atoms with van der Waals surface area (Å²) in [5, 5.41) is 6.09. The van der Waals surface area contributed by atoms with E-state index in [4.69, 9.17) is 0 Å². The number of carbonyl (C=O) groups excluding carboxylic acids is 1. The minimum atomic E-state index is 0. The van der Waals surface area contributed by atoms with Gasteiger partial charge < -0.3 is 10.6 Å². The van der Waals surface area contributed by atoms with E-state index < -0.39 is 0 Å². The van der Waals surface area contributed by atoms with Crippen molar-refractivity contribution in [1.82, 2.24) is 15.6 Å². The molecule has 0 spiro atoms. The van der Waals surface area contributed by atoms with Crippen LogP contribution in [-0.2, 0) is 0 Å². The summed E-state index contributed by atoms with van der Waals surface area (Å²) in [7, 11) is 0. The number of aryl methyl sites for hydroxylation is 1. The first-order valence-electron chi connectivity index (χ1n) is 4.66. The van der Waals surface area contributed by atoms with Gasteiger partial charge in [0.05, 0.1) is 11.2 Å². The maximum atomic E-state index is 11.6. The zero-order chi connectivity index (χ0) is 9.97. The van der Waals surface area contributed by atoms with Crippen LogP contribution >= 0.6 is 36.2 Å². The summed E-state index contributed by atoms with van der Waals surface area (Å²) in [6.45, 7) is 4.66. The largest absolute Gasteiger partial charge is 0.351 e. The Labute approximate surface area is 111 Å². The number of amides is 1. The van der Waals surface area contributed by atoms with E-state index >= 15 is 0 Å². The monoisotopic (exact) mass is 283 g/mol. The highest BCUT2D eigenvalue weighted by molar-refractivity contribution is 7.11. The second-order valence-electron chi connectivity index (χ2n) is 3.50. The van der Waals surface area contributed by atoms with Crippen LogP contribution in [0, 0.1) is 12.8 Å². The first-order valence-corrected chi connectivity index (χ1v) is 5.54. The molecule has 0 atom stereocenters. The van der Waals surface area contributed by atoms with Gasteiger partial charge in [-0.3, -0.25) is 4.79 Å². The minimum Gasteiger partial charge on any atom is -0.351 e. The molecular formula is C9H15Cl2N3OS. The molecule has 16 heavy (non-hydrogen) atoms. The number of rotatable bonds is 3. The minimum absolute atomic E-state index is 0. The molecule has 2 rings (SSSR count). The molecule has 2 N–H and O–H groups in total. The number of nitrogens with one attached hydrogen (secondary N) is 2. The Morgan fingerprint density at radius 2 is 2.31 bits per heavy atom. The number of thiazole rings is 1. The molecule has 1 aromatic heterocycles. The Bertz CT molecular complexity index is 341. The van der Waals surface area contributed by atoms with Crippen molar-refractivity contribution in [3.63, 3.8) is 0 Å². The third-order valence-corrected chi connectivity index (χ3v) is 3.30. The highest BCUT2D eigenvalue weighted by Crippen LogP contribution is 2.11. The number of hydrogen-bond acceptors (Lipinski definition) is 4. The third kappa shape index (κ3) is 3.59. The lowest BCUT2D eigenvalue weighted by molar-refractivity contribution is 0.0945. The fraction of sp³-hybridized carbons (Fsp3) is 0.556. The number of hydrogen-bond donors (Lipinski definition) is 2. The lowest BCUT2D eigenvalue weighted by atomic mass is 10.0. The van der Waals surface area contributed by atoms with Gasteiger partial charge in [0.2, 0.25) is 0 Å². The lowest BCUT2D eigenvalue weighted by Gasteiger charge is -2.26. The molecule has 0 aliphatic carbocycles. The van der Waals surface area contributed by atoms with Gasteiger partial charge in [-0.2, -0.15) is 0 Å². The van der Waals surface area contributed by atoms with Crippen LogP contribution in [0.15, 0.2) is 5.51 Å². The molecule has 1 aliphatic rings. The highest BCUT2D eigenvalue weighted by atomic mass is 35.5. The molecule has 1 aliphatic heterocycles. The van der Waals surface area contributed by atoms with Crippen LogP contribution in [0.25, 0.3) is 0 Å². The number of aromatic nitrogens is 1. The molecule has 7 heteroatoms. The van der Waals surface area contributed by atoms with Crippen molar-refractivity contribution >= 4 is 42.1 Å². The summed E-state index contributed by atoms with van der Waals surface area (Å²) in [5.41, 5.74) is 2.52. The lowest BCUT2D eigenvalue weighted by Crippen LogP contribution is -2.48. The van der Waals surface area contributed by atoms with Crippen molar-refractivity contribution in [2.45, 2.75) is 6.92 Å². The first kappa shape index (κ1) is 15.6. The van der Waals surface area contributed by atoms with E-state index in [2.05, 4.69) is 15.6 Å². The molecule has 92 valence electrons. The Morgan fingerprint density at radius 1 is 1.62 bits per heavy atom. The Kier molecular flexibility index (Phi) is 6.90. The standard InChI is InChI=1S/C9H13N3OS.2ClH/c1-6-8(14-5-12-6)9(13)11-4-7-2-10-3-7;;/h5,7,10H,2-4H2,1H3,(H,11,13);2*1H. The van der Waals surface area contributed by atoms with Crippen molar-refractivity contribution in [1.29, 1.82) is 0 Å². The van der Waals surface area contributed by atoms with Crippen LogP contribution < -0.4 is 10.6 Å². The predicted molar refractivity (Wildman–Crippen MR) is 70.0 cm³/mol. The summed E-state index contributed by atoms with van der Waals surface area (Å²) in [5.74, 6) is 0.615. The summed E-state index contributed by atoms with van der Waals surface area (Å²) in [4.78, 5) is 16.4. The van der Waals surface area contributed by atoms with Gasteiger partial charge in [-0.05, 0) is 6.92 Å². The smallest absolute Gasteiger partial charge is 0.263 e. The summed E-state index contributed by atoms with van der Waals surface area (Å²) in [6, 6.07) is 0. The summed E-state index contributed by atoms with van der Waals surface area (Å²) >= 11 is 1.40. The molecule has 0 saturated carbocycles. The van der Waals surface area contributed by atoms with Gasteiger partial charge in [-0.15, -0.1) is 36.2 Å². The molecule has 0 bridgehead atoms. The van der Waals surface area contributed by atoms with Crippen LogP contribution in [-0.4, -0.2) is 30.5 Å². The molecule has 4 nitrogen and oxygen atoms in total. The van der Waals surface area contributed by atoms with E-state index in [0.717, 1.165) is 30.2 Å². The highest BCUT2D eigenvalue weighted by Gasteiger charge is 2.18. The topological polar surface area (TPSA) is 54.0 Å². The Hall–Kier alpha value is -0.360. The van der Waals surface area contributed by atoms with E-state index in [9.17, 15) is 4.79 Å². The average Bonchev–Trinajstić information content (AvgIpc) is 2.48. The molecule has 1 aromatic rings. The third-order valence-electron chi connectivity index (χ3n) is 2.37. The van der Waals surface area contributed by atoms with Crippen molar-refractivity contribution in [2.75, 3.05) is 19.6 Å². The Balaban J connectivity index is 0.00000112. The summed E-state index contributed by atoms with van der Waals surface area (Å²) < 4.78 is 0. The zero-order valence-corrected chi connectivity index (χ0v) is 11.3. The molecule has 0 aromatic carbocycles. The van der Waals surface area contributed by atoms with Crippen LogP contribution in [0.4, 0.5) is 0 Å². The number of nitrogens with zero attached hydrogens (tertiary/aromatic N) is 1. The number of halogens is 2. The van der Waals surface area contributed by atoms with Crippen LogP contribution in [0.2, 0.25) is 0 Å². The maximum absolute atomic E-state index is 11.6. The van der Waals surface area contributed by atoms with Crippen molar-refractivity contribution < 1.29 is 4.79 Å². The maximum Gasteiger partial charge on any atom is 0.263 e. The van der Waals surface area contributed by atoms with Gasteiger partial charge in [0.25, 0.3) is 5.91 Å². The normalized spacial score (nSPS) is 14.3. The molecule has 2 heterocycles. The van der Waals surface area contributed by atoms with E-state index in [1.54, 1.807) is 5.51 Å². The van der Waals surface area contributed by atoms with Crippen molar-refractivity contribution in [2.24, 2.45) is 5.92 Å². The summed E-state index contributed by atoms with van der Waals surface area (Å²) in [6.07, 6.45) is 0. The van der Waals surface area contributed by atoms with E-state index in [1.165, 1.54) is 11.3 Å². The quantitative estimate of drug-likeness (QED) is 0.878. The second-order valence-corrected chi connectivity index (χ2v) is 4.36. The molecule has 0 radical (unpaired) electrons. The fourth-order valence-corrected chi connectivity index (χ4v) is 2.05. The molecule has 0 unspecified atom stereocenters. The first-order chi connectivity index (χ1) is 6.77. The van der Waals surface area contributed by atoms with E-state index in [-0.39, 0.29) is 30.7 Å². The second kappa shape index (κ2) is 7.06. The van der Waals surface area contributed by atoms with Crippen LogP contribution in [0.5, 0.6) is 0 Å². The van der Waals surface area contributed by atoms with E-state index in [0.29, 0.717) is 5.92 Å². The fourth-order valence-electron chi connectivity index (χ4n) is 1.33. The number of carbonyl (C=O) groups is 1. The van der Waals surface area contributed by atoms with Gasteiger partial charge in [0.15, 0.2) is 0 Å². The van der Waals surface area contributed by atoms with Gasteiger partial charge in [-0.1, -0.05) is 0 Å². The van der Waals surface area contributed by atoms with Crippen LogP contribution in [0.3, 0.4) is 0 Å². The van der Waals surface area contributed by atoms with Gasteiger partial charge in [-0.25, -0.2) is 4.98 Å². The Morgan fingerprint density at radius 3 is 2.75 bits per heavy atom. The molecule has 1 amide bonds. The van der Waals surface area contributed by atoms with Crippen LogP contribution in [0.1, 0.15) is 15.4 Å². The predicted octanol–water partition coefficient (Wildman–Crippen LogP) is 1.24. The average molecular weight is 284 g/mol. The van der Waals surface area contributed by atoms with Gasteiger partial charge >= 0.3 is 0 Å². The van der Waals surface area contributed by atoms with Crippen molar-refractivity contribution in [3.8, 4) is 0 Å². The molecule has 1 fully saturated rings. The molecule has 1 saturated heterocycles. The SMILES string of the molecule is Cc1ncsc1C(=O)NCC1CNC1.Cl.Cl. The van der Waals surface area contributed by atoms with E-state index in [1.807, 2.05) is 6.92 Å². The van der Waals surface area contributed by atoms with Gasteiger partial charge in [0, 0.05) is 25.6 Å².